The molecule has 0 bridgehead atoms. The number of benzene rings is 1. The number of nitrogens with one attached hydrogen (secondary N) is 1. The van der Waals surface area contributed by atoms with Gasteiger partial charge in [-0.3, -0.25) is 5.32 Å². The summed E-state index contributed by atoms with van der Waals surface area (Å²) in [6, 6.07) is 7.78. The normalized spacial score (nSPS) is 11.5. The topological polar surface area (TPSA) is 72.5 Å². The Hall–Kier alpha value is -1.56. The average molecular weight is 370 g/mol. The Bertz CT molecular complexity index is 609. The fourth-order valence-corrected chi connectivity index (χ4v) is 3.35. The van der Waals surface area contributed by atoms with E-state index in [2.05, 4.69) is 12.2 Å². The molecule has 1 N–H and O–H groups in total. The van der Waals surface area contributed by atoms with Crippen molar-refractivity contribution in [3.05, 3.63) is 29.8 Å². The van der Waals surface area contributed by atoms with Crippen molar-refractivity contribution in [3.63, 3.8) is 0 Å². The molecule has 1 aromatic carbocycles. The summed E-state index contributed by atoms with van der Waals surface area (Å²) in [5, 5.41) is 2.37. The Morgan fingerprint density at radius 2 is 1.76 bits per heavy atom. The van der Waals surface area contributed by atoms with Crippen LogP contribution in [0.1, 0.15) is 58.4 Å². The molecule has 0 aliphatic carbocycles. The number of anilines is 1. The van der Waals surface area contributed by atoms with Gasteiger partial charge >= 0.3 is 6.09 Å². The molecule has 0 saturated carbocycles. The lowest BCUT2D eigenvalue weighted by molar-refractivity contribution is 0.159. The van der Waals surface area contributed by atoms with Crippen LogP contribution in [0.4, 0.5) is 10.5 Å². The Labute approximate surface area is 152 Å². The van der Waals surface area contributed by atoms with Crippen LogP contribution in [-0.4, -0.2) is 32.1 Å². The molecule has 0 radical (unpaired) electrons. The van der Waals surface area contributed by atoms with Crippen molar-refractivity contribution in [3.8, 4) is 0 Å². The van der Waals surface area contributed by atoms with E-state index in [9.17, 15) is 13.2 Å². The molecule has 0 aromatic heterocycles. The predicted octanol–water partition coefficient (Wildman–Crippen LogP) is 4.57. The van der Waals surface area contributed by atoms with E-state index in [0.29, 0.717) is 25.1 Å². The smallest absolute Gasteiger partial charge is 0.411 e. The summed E-state index contributed by atoms with van der Waals surface area (Å²) in [5.41, 5.74) is 1.98. The zero-order valence-corrected chi connectivity index (χ0v) is 16.4. The summed E-state index contributed by atoms with van der Waals surface area (Å²) in [4.78, 5) is 11.7. The van der Waals surface area contributed by atoms with E-state index in [1.807, 2.05) is 24.3 Å². The third-order valence-corrected chi connectivity index (χ3v) is 6.34. The quantitative estimate of drug-likeness (QED) is 0.580. The van der Waals surface area contributed by atoms with Gasteiger partial charge in [0.15, 0.2) is 9.84 Å². The van der Waals surface area contributed by atoms with Crippen molar-refractivity contribution >= 4 is 21.6 Å². The van der Waals surface area contributed by atoms with Crippen molar-refractivity contribution in [2.75, 3.05) is 17.7 Å². The van der Waals surface area contributed by atoms with E-state index in [-0.39, 0.29) is 11.0 Å². The molecule has 0 fully saturated rings. The number of unbranched alkanes of at least 4 members (excludes halogenated alkanes) is 3. The van der Waals surface area contributed by atoms with Crippen LogP contribution >= 0.6 is 0 Å². The number of hydrogen-bond donors (Lipinski definition) is 1. The van der Waals surface area contributed by atoms with Gasteiger partial charge in [-0.25, -0.2) is 13.2 Å². The second-order valence-electron chi connectivity index (χ2n) is 6.54. The summed E-state index contributed by atoms with van der Waals surface area (Å²) < 4.78 is 28.4. The number of sulfone groups is 1. The Morgan fingerprint density at radius 3 is 2.36 bits per heavy atom. The summed E-state index contributed by atoms with van der Waals surface area (Å²) in [6.45, 7) is 5.84. The van der Waals surface area contributed by atoms with Crippen LogP contribution in [0.25, 0.3) is 0 Å². The maximum absolute atomic E-state index is 11.7. The zero-order valence-electron chi connectivity index (χ0n) is 15.6. The number of ether oxygens (including phenoxy) is 1. The molecule has 0 aliphatic heterocycles. The molecule has 142 valence electrons. The van der Waals surface area contributed by atoms with Gasteiger partial charge in [0.1, 0.15) is 0 Å². The van der Waals surface area contributed by atoms with E-state index >= 15 is 0 Å². The summed E-state index contributed by atoms with van der Waals surface area (Å²) >= 11 is 0. The monoisotopic (exact) mass is 369 g/mol. The largest absolute Gasteiger partial charge is 0.449 e. The number of hydrogen-bond acceptors (Lipinski definition) is 4. The van der Waals surface area contributed by atoms with Crippen molar-refractivity contribution in [2.24, 2.45) is 0 Å². The molecule has 6 heteroatoms. The standard InChI is InChI=1S/C19H31NO4S/c1-4-5-9-17-10-12-18(13-11-17)20-19(21)24-14-7-6-8-15-25(22,23)16(2)3/h10-13,16H,4-9,14-15H2,1-3H3,(H,20,21). The van der Waals surface area contributed by atoms with Gasteiger partial charge in [0.05, 0.1) is 17.6 Å². The first kappa shape index (κ1) is 21.5. The lowest BCUT2D eigenvalue weighted by Crippen LogP contribution is -2.18. The highest BCUT2D eigenvalue weighted by atomic mass is 32.2. The van der Waals surface area contributed by atoms with Gasteiger partial charge in [0.25, 0.3) is 0 Å². The molecule has 1 rings (SSSR count). The summed E-state index contributed by atoms with van der Waals surface area (Å²) in [5.74, 6) is 0.196. The van der Waals surface area contributed by atoms with Gasteiger partial charge in [0.2, 0.25) is 0 Å². The highest BCUT2D eigenvalue weighted by Gasteiger charge is 2.14. The van der Waals surface area contributed by atoms with Crippen LogP contribution in [-0.2, 0) is 21.0 Å². The molecule has 0 atom stereocenters. The summed E-state index contributed by atoms with van der Waals surface area (Å²) in [7, 11) is -2.97. The van der Waals surface area contributed by atoms with Crippen molar-refractivity contribution in [2.45, 2.75) is 64.5 Å². The second-order valence-corrected chi connectivity index (χ2v) is 9.21. The maximum atomic E-state index is 11.7. The Balaban J connectivity index is 2.18. The number of rotatable bonds is 11. The fraction of sp³-hybridized carbons (Fsp3) is 0.632. The van der Waals surface area contributed by atoms with E-state index in [4.69, 9.17) is 4.74 Å². The van der Waals surface area contributed by atoms with Crippen LogP contribution in [0.15, 0.2) is 24.3 Å². The number of aryl methyl sites for hydroxylation is 1. The van der Waals surface area contributed by atoms with Crippen molar-refractivity contribution < 1.29 is 17.9 Å². The van der Waals surface area contributed by atoms with Crippen LogP contribution in [0, 0.1) is 0 Å². The molecule has 0 saturated heterocycles. The van der Waals surface area contributed by atoms with Gasteiger partial charge in [-0.15, -0.1) is 0 Å². The van der Waals surface area contributed by atoms with Crippen molar-refractivity contribution in [1.82, 2.24) is 0 Å². The molecule has 1 amide bonds. The third kappa shape index (κ3) is 8.91. The van der Waals surface area contributed by atoms with Gasteiger partial charge < -0.3 is 4.74 Å². The number of amides is 1. The second kappa shape index (κ2) is 11.1. The average Bonchev–Trinajstić information content (AvgIpc) is 2.57. The van der Waals surface area contributed by atoms with E-state index < -0.39 is 15.9 Å². The fourth-order valence-electron chi connectivity index (χ4n) is 2.27. The van der Waals surface area contributed by atoms with Gasteiger partial charge in [-0.2, -0.15) is 0 Å². The minimum Gasteiger partial charge on any atom is -0.449 e. The molecule has 5 nitrogen and oxygen atoms in total. The molecule has 1 aromatic rings. The first-order chi connectivity index (χ1) is 11.8. The van der Waals surface area contributed by atoms with Crippen LogP contribution < -0.4 is 5.32 Å². The Kier molecular flexibility index (Phi) is 9.57. The molecular weight excluding hydrogens is 338 g/mol. The van der Waals surface area contributed by atoms with Crippen LogP contribution in [0.2, 0.25) is 0 Å². The van der Waals surface area contributed by atoms with E-state index in [1.54, 1.807) is 13.8 Å². The summed E-state index contributed by atoms with van der Waals surface area (Å²) in [6.07, 6.45) is 4.89. The highest BCUT2D eigenvalue weighted by molar-refractivity contribution is 7.91. The SMILES string of the molecule is CCCCc1ccc(NC(=O)OCCCCCS(=O)(=O)C(C)C)cc1. The molecule has 0 spiro atoms. The number of carbonyl (C=O) groups is 1. The zero-order chi connectivity index (χ0) is 18.7. The van der Waals surface area contributed by atoms with E-state index in [1.165, 1.54) is 5.56 Å². The molecule has 0 heterocycles. The van der Waals surface area contributed by atoms with Gasteiger partial charge in [-0.05, 0) is 63.6 Å². The number of carbonyl (C=O) groups excluding carboxylic acids is 1. The first-order valence-electron chi connectivity index (χ1n) is 9.09. The van der Waals surface area contributed by atoms with E-state index in [0.717, 1.165) is 25.7 Å². The molecular formula is C19H31NO4S. The maximum Gasteiger partial charge on any atom is 0.411 e. The minimum absolute atomic E-state index is 0.196. The minimum atomic E-state index is -2.97. The molecule has 25 heavy (non-hydrogen) atoms. The van der Waals surface area contributed by atoms with Crippen LogP contribution in [0.3, 0.4) is 0 Å². The molecule has 0 aliphatic rings. The lowest BCUT2D eigenvalue weighted by atomic mass is 10.1. The lowest BCUT2D eigenvalue weighted by Gasteiger charge is -2.09. The third-order valence-electron chi connectivity index (χ3n) is 4.04. The van der Waals surface area contributed by atoms with Crippen molar-refractivity contribution in [1.29, 1.82) is 0 Å². The van der Waals surface area contributed by atoms with Gasteiger partial charge in [-0.1, -0.05) is 25.5 Å². The highest BCUT2D eigenvalue weighted by Crippen LogP contribution is 2.12. The Morgan fingerprint density at radius 1 is 1.08 bits per heavy atom. The molecule has 0 unspecified atom stereocenters. The van der Waals surface area contributed by atoms with Gasteiger partial charge in [0, 0.05) is 5.69 Å². The van der Waals surface area contributed by atoms with Crippen LogP contribution in [0.5, 0.6) is 0 Å². The predicted molar refractivity (Wildman–Crippen MR) is 103 cm³/mol. The first-order valence-corrected chi connectivity index (χ1v) is 10.8.